The van der Waals surface area contributed by atoms with Gasteiger partial charge in [0.25, 0.3) is 0 Å². The van der Waals surface area contributed by atoms with Crippen molar-refractivity contribution < 1.29 is 0 Å². The Kier molecular flexibility index (Phi) is 3.36. The van der Waals surface area contributed by atoms with Crippen molar-refractivity contribution in [2.45, 2.75) is 13.3 Å². The minimum absolute atomic E-state index is 0.619. The molecule has 16 heavy (non-hydrogen) atoms. The van der Waals surface area contributed by atoms with Crippen LogP contribution in [0.2, 0.25) is 0 Å². The molecule has 2 aromatic rings. The van der Waals surface area contributed by atoms with Crippen molar-refractivity contribution in [1.82, 2.24) is 9.36 Å². The second-order valence-corrected chi connectivity index (χ2v) is 4.33. The maximum Gasteiger partial charge on any atom is 0.142 e. The number of nitrogen functional groups attached to an aromatic ring is 1. The van der Waals surface area contributed by atoms with E-state index in [1.54, 1.807) is 6.20 Å². The monoisotopic (exact) mass is 234 g/mol. The molecule has 0 amide bonds. The van der Waals surface area contributed by atoms with E-state index in [1.807, 2.05) is 19.2 Å². The average molecular weight is 234 g/mol. The number of nitrogens with zero attached hydrogens (tertiary/aromatic N) is 2. The van der Waals surface area contributed by atoms with Crippen molar-refractivity contribution in [2.75, 3.05) is 17.6 Å². The predicted octanol–water partition coefficient (Wildman–Crippen LogP) is 2.08. The number of aromatic nitrogens is 2. The standard InChI is InChI=1S/C11H14N4S/c1-8-10(12)15-16-11(8)14-6-4-9-3-2-5-13-7-9/h2-3,5,7,14H,4,6H2,1H3,(H2,12,15). The summed E-state index contributed by atoms with van der Waals surface area (Å²) in [6, 6.07) is 4.02. The summed E-state index contributed by atoms with van der Waals surface area (Å²) in [5, 5.41) is 4.39. The molecule has 84 valence electrons. The Bertz CT molecular complexity index is 452. The normalized spacial score (nSPS) is 10.3. The molecule has 0 radical (unpaired) electrons. The van der Waals surface area contributed by atoms with E-state index in [0.29, 0.717) is 5.82 Å². The lowest BCUT2D eigenvalue weighted by Crippen LogP contribution is -2.04. The SMILES string of the molecule is Cc1c(N)nsc1NCCc1cccnc1. The first-order valence-electron chi connectivity index (χ1n) is 5.12. The van der Waals surface area contributed by atoms with E-state index in [-0.39, 0.29) is 0 Å². The number of hydrogen-bond acceptors (Lipinski definition) is 5. The van der Waals surface area contributed by atoms with Crippen molar-refractivity contribution in [1.29, 1.82) is 0 Å². The quantitative estimate of drug-likeness (QED) is 0.850. The van der Waals surface area contributed by atoms with E-state index in [0.717, 1.165) is 23.5 Å². The number of pyridine rings is 1. The van der Waals surface area contributed by atoms with Crippen LogP contribution >= 0.6 is 11.5 Å². The molecule has 3 N–H and O–H groups in total. The molecule has 0 unspecified atom stereocenters. The van der Waals surface area contributed by atoms with Crippen LogP contribution in [0.5, 0.6) is 0 Å². The predicted molar refractivity (Wildman–Crippen MR) is 67.7 cm³/mol. The van der Waals surface area contributed by atoms with Gasteiger partial charge in [0.15, 0.2) is 0 Å². The zero-order chi connectivity index (χ0) is 11.4. The average Bonchev–Trinajstić information content (AvgIpc) is 2.62. The van der Waals surface area contributed by atoms with Gasteiger partial charge in [0.1, 0.15) is 10.8 Å². The molecule has 0 fully saturated rings. The second-order valence-electron chi connectivity index (χ2n) is 3.56. The Morgan fingerprint density at radius 3 is 3.00 bits per heavy atom. The van der Waals surface area contributed by atoms with Crippen LogP contribution in [-0.2, 0) is 6.42 Å². The van der Waals surface area contributed by atoms with Crippen molar-refractivity contribution >= 4 is 22.4 Å². The molecule has 0 spiro atoms. The van der Waals surface area contributed by atoms with Crippen LogP contribution in [0.25, 0.3) is 0 Å². The summed E-state index contributed by atoms with van der Waals surface area (Å²) in [4.78, 5) is 4.07. The molecule has 0 saturated carbocycles. The first kappa shape index (κ1) is 10.9. The third-order valence-corrected chi connectivity index (χ3v) is 3.30. The Balaban J connectivity index is 1.87. The first-order chi connectivity index (χ1) is 7.77. The first-order valence-corrected chi connectivity index (χ1v) is 5.89. The van der Waals surface area contributed by atoms with Crippen LogP contribution < -0.4 is 11.1 Å². The minimum atomic E-state index is 0.619. The van der Waals surface area contributed by atoms with Gasteiger partial charge in [0.05, 0.1) is 0 Å². The van der Waals surface area contributed by atoms with Crippen LogP contribution in [-0.4, -0.2) is 15.9 Å². The molecular weight excluding hydrogens is 220 g/mol. The highest BCUT2D eigenvalue weighted by Crippen LogP contribution is 2.24. The number of anilines is 2. The molecule has 2 aromatic heterocycles. The summed E-state index contributed by atoms with van der Waals surface area (Å²) in [5.74, 6) is 0.619. The Hall–Kier alpha value is -1.62. The lowest BCUT2D eigenvalue weighted by atomic mass is 10.2. The van der Waals surface area contributed by atoms with Crippen molar-refractivity contribution in [3.8, 4) is 0 Å². The molecule has 0 aromatic carbocycles. The van der Waals surface area contributed by atoms with Gasteiger partial charge in [-0.2, -0.15) is 4.37 Å². The summed E-state index contributed by atoms with van der Waals surface area (Å²) in [6.07, 6.45) is 4.62. The molecule has 4 nitrogen and oxygen atoms in total. The van der Waals surface area contributed by atoms with Crippen molar-refractivity contribution in [3.05, 3.63) is 35.7 Å². The summed E-state index contributed by atoms with van der Waals surface area (Å²) >= 11 is 1.41. The molecule has 0 aliphatic heterocycles. The number of hydrogen-bond donors (Lipinski definition) is 2. The Morgan fingerprint density at radius 1 is 1.50 bits per heavy atom. The fourth-order valence-corrected chi connectivity index (χ4v) is 2.11. The topological polar surface area (TPSA) is 63.8 Å². The Labute approximate surface area is 98.7 Å². The summed E-state index contributed by atoms with van der Waals surface area (Å²) < 4.78 is 4.09. The Morgan fingerprint density at radius 2 is 2.38 bits per heavy atom. The molecule has 0 aliphatic carbocycles. The zero-order valence-electron chi connectivity index (χ0n) is 9.10. The van der Waals surface area contributed by atoms with Gasteiger partial charge in [-0.3, -0.25) is 4.98 Å². The minimum Gasteiger partial charge on any atom is -0.383 e. The maximum absolute atomic E-state index is 5.67. The summed E-state index contributed by atoms with van der Waals surface area (Å²) in [5.41, 5.74) is 7.94. The fourth-order valence-electron chi connectivity index (χ4n) is 1.38. The highest BCUT2D eigenvalue weighted by Gasteiger charge is 2.05. The van der Waals surface area contributed by atoms with Gasteiger partial charge in [-0.15, -0.1) is 0 Å². The van der Waals surface area contributed by atoms with Crippen LogP contribution in [0.1, 0.15) is 11.1 Å². The lowest BCUT2D eigenvalue weighted by molar-refractivity contribution is 1.01. The molecule has 0 atom stereocenters. The lowest BCUT2D eigenvalue weighted by Gasteiger charge is -2.04. The largest absolute Gasteiger partial charge is 0.383 e. The van der Waals surface area contributed by atoms with Crippen molar-refractivity contribution in [3.63, 3.8) is 0 Å². The van der Waals surface area contributed by atoms with E-state index in [9.17, 15) is 0 Å². The summed E-state index contributed by atoms with van der Waals surface area (Å²) in [6.45, 7) is 2.85. The molecule has 5 heteroatoms. The number of nitrogens with one attached hydrogen (secondary N) is 1. The third kappa shape index (κ3) is 2.49. The van der Waals surface area contributed by atoms with Gasteiger partial charge < -0.3 is 11.1 Å². The molecule has 0 saturated heterocycles. The molecule has 2 rings (SSSR count). The highest BCUT2D eigenvalue weighted by molar-refractivity contribution is 7.10. The van der Waals surface area contributed by atoms with Crippen LogP contribution in [0, 0.1) is 6.92 Å². The van der Waals surface area contributed by atoms with Crippen LogP contribution in [0.3, 0.4) is 0 Å². The smallest absolute Gasteiger partial charge is 0.142 e. The summed E-state index contributed by atoms with van der Waals surface area (Å²) in [7, 11) is 0. The fraction of sp³-hybridized carbons (Fsp3) is 0.273. The number of nitrogens with two attached hydrogens (primary N) is 1. The maximum atomic E-state index is 5.67. The van der Waals surface area contributed by atoms with Gasteiger partial charge in [-0.25, -0.2) is 0 Å². The zero-order valence-corrected chi connectivity index (χ0v) is 9.92. The number of rotatable bonds is 4. The second kappa shape index (κ2) is 4.94. The van der Waals surface area contributed by atoms with Gasteiger partial charge in [0, 0.05) is 24.5 Å². The van der Waals surface area contributed by atoms with Gasteiger partial charge >= 0.3 is 0 Å². The third-order valence-electron chi connectivity index (χ3n) is 2.38. The van der Waals surface area contributed by atoms with E-state index < -0.39 is 0 Å². The van der Waals surface area contributed by atoms with Crippen molar-refractivity contribution in [2.24, 2.45) is 0 Å². The van der Waals surface area contributed by atoms with E-state index >= 15 is 0 Å². The van der Waals surface area contributed by atoms with E-state index in [2.05, 4.69) is 20.7 Å². The highest BCUT2D eigenvalue weighted by atomic mass is 32.1. The molecule has 0 bridgehead atoms. The van der Waals surface area contributed by atoms with Gasteiger partial charge in [0.2, 0.25) is 0 Å². The van der Waals surface area contributed by atoms with Crippen LogP contribution in [0.4, 0.5) is 10.8 Å². The van der Waals surface area contributed by atoms with Gasteiger partial charge in [-0.05, 0) is 36.5 Å². The molecule has 0 aliphatic rings. The van der Waals surface area contributed by atoms with E-state index in [1.165, 1.54) is 17.1 Å². The van der Waals surface area contributed by atoms with E-state index in [4.69, 9.17) is 5.73 Å². The molecule has 2 heterocycles. The van der Waals surface area contributed by atoms with Crippen LogP contribution in [0.15, 0.2) is 24.5 Å². The molecular formula is C11H14N4S. The van der Waals surface area contributed by atoms with Gasteiger partial charge in [-0.1, -0.05) is 6.07 Å².